The van der Waals surface area contributed by atoms with Crippen LogP contribution >= 0.6 is 0 Å². The summed E-state index contributed by atoms with van der Waals surface area (Å²) < 4.78 is 10.7. The van der Waals surface area contributed by atoms with Gasteiger partial charge >= 0.3 is 0 Å². The molecule has 2 aliphatic rings. The van der Waals surface area contributed by atoms with Crippen LogP contribution in [0, 0.1) is 0 Å². The van der Waals surface area contributed by atoms with Gasteiger partial charge in [0.05, 0.1) is 0 Å². The fraction of sp³-hybridized carbons (Fsp3) is 0.333. The van der Waals surface area contributed by atoms with E-state index in [0.29, 0.717) is 30.8 Å². The van der Waals surface area contributed by atoms with Crippen molar-refractivity contribution >= 4 is 11.8 Å². The first kappa shape index (κ1) is 17.4. The number of hydrogen-bond acceptors (Lipinski definition) is 4. The normalized spacial score (nSPS) is 15.6. The summed E-state index contributed by atoms with van der Waals surface area (Å²) in [5, 5.41) is 2.97. The Bertz CT molecular complexity index is 880. The average molecular weight is 366 g/mol. The SMILES string of the molecule is CCCC(C(=O)NCc1ccc2c(c1)OCO2)N1Cc2ccccc2C1=O. The number of carbonyl (C=O) groups excluding carboxylic acids is 2. The van der Waals surface area contributed by atoms with Gasteiger partial charge in [-0.2, -0.15) is 0 Å². The number of nitrogens with one attached hydrogen (secondary N) is 1. The summed E-state index contributed by atoms with van der Waals surface area (Å²) >= 11 is 0. The Balaban J connectivity index is 1.45. The fourth-order valence-corrected chi connectivity index (χ4v) is 3.59. The summed E-state index contributed by atoms with van der Waals surface area (Å²) in [6.45, 7) is 3.11. The minimum Gasteiger partial charge on any atom is -0.454 e. The van der Waals surface area contributed by atoms with Gasteiger partial charge in [0.1, 0.15) is 6.04 Å². The molecule has 0 aromatic heterocycles. The highest BCUT2D eigenvalue weighted by Gasteiger charge is 2.35. The van der Waals surface area contributed by atoms with Gasteiger partial charge in [-0.15, -0.1) is 0 Å². The van der Waals surface area contributed by atoms with Crippen LogP contribution in [0.3, 0.4) is 0 Å². The van der Waals surface area contributed by atoms with Gasteiger partial charge in [-0.3, -0.25) is 9.59 Å². The van der Waals surface area contributed by atoms with Gasteiger partial charge in [-0.05, 0) is 35.7 Å². The number of ether oxygens (including phenoxy) is 2. The van der Waals surface area contributed by atoms with Crippen molar-refractivity contribution < 1.29 is 19.1 Å². The summed E-state index contributed by atoms with van der Waals surface area (Å²) in [6, 6.07) is 12.7. The third-order valence-corrected chi connectivity index (χ3v) is 4.99. The van der Waals surface area contributed by atoms with Gasteiger partial charge in [0.15, 0.2) is 11.5 Å². The molecule has 2 heterocycles. The molecule has 27 heavy (non-hydrogen) atoms. The Labute approximate surface area is 158 Å². The number of carbonyl (C=O) groups is 2. The maximum atomic E-state index is 12.9. The van der Waals surface area contributed by atoms with E-state index in [9.17, 15) is 9.59 Å². The Morgan fingerprint density at radius 3 is 2.81 bits per heavy atom. The van der Waals surface area contributed by atoms with E-state index in [0.717, 1.165) is 23.3 Å². The van der Waals surface area contributed by atoms with Crippen LogP contribution in [0.5, 0.6) is 11.5 Å². The first-order chi connectivity index (χ1) is 13.2. The first-order valence-corrected chi connectivity index (χ1v) is 9.22. The summed E-state index contributed by atoms with van der Waals surface area (Å²) in [7, 11) is 0. The number of amides is 2. The molecule has 0 bridgehead atoms. The molecule has 0 saturated carbocycles. The molecule has 6 heteroatoms. The van der Waals surface area contributed by atoms with Crippen molar-refractivity contribution in [1.82, 2.24) is 10.2 Å². The smallest absolute Gasteiger partial charge is 0.255 e. The lowest BCUT2D eigenvalue weighted by molar-refractivity contribution is -0.126. The first-order valence-electron chi connectivity index (χ1n) is 9.22. The predicted molar refractivity (Wildman–Crippen MR) is 99.4 cm³/mol. The lowest BCUT2D eigenvalue weighted by Gasteiger charge is -2.26. The highest BCUT2D eigenvalue weighted by Crippen LogP contribution is 2.32. The standard InChI is InChI=1S/C21H22N2O4/c1-2-5-17(23-12-15-6-3-4-7-16(15)21(23)25)20(24)22-11-14-8-9-18-19(10-14)27-13-26-18/h3-4,6-10,17H,2,5,11-13H2,1H3,(H,22,24). The van der Waals surface area contributed by atoms with E-state index in [2.05, 4.69) is 5.32 Å². The molecule has 0 radical (unpaired) electrons. The number of nitrogens with zero attached hydrogens (tertiary/aromatic N) is 1. The van der Waals surface area contributed by atoms with Crippen LogP contribution in [-0.4, -0.2) is 29.5 Å². The van der Waals surface area contributed by atoms with Crippen LogP contribution in [0.2, 0.25) is 0 Å². The third-order valence-electron chi connectivity index (χ3n) is 4.99. The highest BCUT2D eigenvalue weighted by molar-refractivity contribution is 6.01. The van der Waals surface area contributed by atoms with Gasteiger partial charge in [-0.25, -0.2) is 0 Å². The van der Waals surface area contributed by atoms with Crippen LogP contribution in [0.1, 0.15) is 41.3 Å². The maximum Gasteiger partial charge on any atom is 0.255 e. The predicted octanol–water partition coefficient (Wildman–Crippen LogP) is 2.86. The number of hydrogen-bond donors (Lipinski definition) is 1. The molecule has 4 rings (SSSR count). The fourth-order valence-electron chi connectivity index (χ4n) is 3.59. The van der Waals surface area contributed by atoms with Gasteiger partial charge in [-0.1, -0.05) is 37.6 Å². The number of fused-ring (bicyclic) bond motifs is 2. The van der Waals surface area contributed by atoms with E-state index in [4.69, 9.17) is 9.47 Å². The summed E-state index contributed by atoms with van der Waals surface area (Å²) in [4.78, 5) is 27.3. The zero-order chi connectivity index (χ0) is 18.8. The number of benzene rings is 2. The Morgan fingerprint density at radius 2 is 2.00 bits per heavy atom. The van der Waals surface area contributed by atoms with Crippen LogP contribution in [0.4, 0.5) is 0 Å². The summed E-state index contributed by atoms with van der Waals surface area (Å²) in [6.07, 6.45) is 1.45. The molecule has 2 aliphatic heterocycles. The molecule has 6 nitrogen and oxygen atoms in total. The van der Waals surface area contributed by atoms with E-state index in [-0.39, 0.29) is 18.6 Å². The third kappa shape index (κ3) is 3.35. The van der Waals surface area contributed by atoms with Crippen LogP contribution in [0.25, 0.3) is 0 Å². The molecule has 140 valence electrons. The van der Waals surface area contributed by atoms with E-state index in [1.54, 1.807) is 4.90 Å². The van der Waals surface area contributed by atoms with Crippen molar-refractivity contribution in [3.05, 3.63) is 59.2 Å². The second-order valence-corrected chi connectivity index (χ2v) is 6.80. The van der Waals surface area contributed by atoms with E-state index >= 15 is 0 Å². The topological polar surface area (TPSA) is 67.9 Å². The molecule has 1 atom stereocenters. The molecule has 2 aromatic carbocycles. The van der Waals surface area contributed by atoms with E-state index < -0.39 is 6.04 Å². The van der Waals surface area contributed by atoms with E-state index in [1.807, 2.05) is 49.4 Å². The van der Waals surface area contributed by atoms with Crippen molar-refractivity contribution in [2.24, 2.45) is 0 Å². The highest BCUT2D eigenvalue weighted by atomic mass is 16.7. The summed E-state index contributed by atoms with van der Waals surface area (Å²) in [5.41, 5.74) is 2.60. The molecule has 2 amide bonds. The van der Waals surface area contributed by atoms with Crippen LogP contribution in [-0.2, 0) is 17.9 Å². The average Bonchev–Trinajstić information content (AvgIpc) is 3.28. The Morgan fingerprint density at radius 1 is 1.19 bits per heavy atom. The quantitative estimate of drug-likeness (QED) is 0.854. The van der Waals surface area contributed by atoms with Crippen LogP contribution < -0.4 is 14.8 Å². The molecular weight excluding hydrogens is 344 g/mol. The Hall–Kier alpha value is -3.02. The maximum absolute atomic E-state index is 12.9. The van der Waals surface area contributed by atoms with Gasteiger partial charge in [0.2, 0.25) is 12.7 Å². The van der Waals surface area contributed by atoms with Crippen molar-refractivity contribution in [3.8, 4) is 11.5 Å². The lowest BCUT2D eigenvalue weighted by Crippen LogP contribution is -2.46. The monoisotopic (exact) mass is 366 g/mol. The second-order valence-electron chi connectivity index (χ2n) is 6.80. The molecule has 1 N–H and O–H groups in total. The minimum absolute atomic E-state index is 0.0673. The van der Waals surface area contributed by atoms with Crippen molar-refractivity contribution in [3.63, 3.8) is 0 Å². The number of rotatable bonds is 6. The molecule has 0 aliphatic carbocycles. The molecule has 0 spiro atoms. The molecule has 0 saturated heterocycles. The zero-order valence-electron chi connectivity index (χ0n) is 15.2. The largest absolute Gasteiger partial charge is 0.454 e. The van der Waals surface area contributed by atoms with Crippen molar-refractivity contribution in [2.45, 2.75) is 38.9 Å². The Kier molecular flexibility index (Phi) is 4.71. The van der Waals surface area contributed by atoms with Crippen LogP contribution in [0.15, 0.2) is 42.5 Å². The van der Waals surface area contributed by atoms with Crippen molar-refractivity contribution in [2.75, 3.05) is 6.79 Å². The minimum atomic E-state index is -0.469. The van der Waals surface area contributed by atoms with Gasteiger partial charge in [0, 0.05) is 18.7 Å². The molecule has 0 fully saturated rings. The van der Waals surface area contributed by atoms with Gasteiger partial charge in [0.25, 0.3) is 5.91 Å². The van der Waals surface area contributed by atoms with Gasteiger partial charge < -0.3 is 19.7 Å². The van der Waals surface area contributed by atoms with Crippen molar-refractivity contribution in [1.29, 1.82) is 0 Å². The lowest BCUT2D eigenvalue weighted by atomic mass is 10.1. The summed E-state index contributed by atoms with van der Waals surface area (Å²) in [5.74, 6) is 1.21. The molecular formula is C21H22N2O4. The second kappa shape index (κ2) is 7.31. The molecule has 1 unspecified atom stereocenters. The van der Waals surface area contributed by atoms with E-state index in [1.165, 1.54) is 0 Å². The zero-order valence-corrected chi connectivity index (χ0v) is 15.2. The molecule has 2 aromatic rings.